The number of aliphatic hydroxyl groups excluding tert-OH is 1. The van der Waals surface area contributed by atoms with Crippen LogP contribution in [0.25, 0.3) is 0 Å². The van der Waals surface area contributed by atoms with Gasteiger partial charge in [0.15, 0.2) is 0 Å². The number of methoxy groups -OCH3 is 2. The summed E-state index contributed by atoms with van der Waals surface area (Å²) in [5.41, 5.74) is -0.346. The summed E-state index contributed by atoms with van der Waals surface area (Å²) >= 11 is 1.54. The molecule has 5 unspecified atom stereocenters. The van der Waals surface area contributed by atoms with Crippen molar-refractivity contribution < 1.29 is 28.8 Å². The maximum absolute atomic E-state index is 10.6. The molecule has 1 aromatic carbocycles. The Labute approximate surface area is 152 Å². The molecular weight excluding hydrogens is 344 g/mol. The quantitative estimate of drug-likeness (QED) is 0.873. The van der Waals surface area contributed by atoms with Crippen LogP contribution in [0.4, 0.5) is 0 Å². The highest BCUT2D eigenvalue weighted by molar-refractivity contribution is 7.99. The van der Waals surface area contributed by atoms with E-state index in [9.17, 15) is 5.11 Å². The molecule has 0 aliphatic carbocycles. The van der Waals surface area contributed by atoms with Gasteiger partial charge in [0.25, 0.3) is 0 Å². The van der Waals surface area contributed by atoms with E-state index in [0.717, 1.165) is 4.90 Å². The molecule has 6 nitrogen and oxygen atoms in total. The fraction of sp³-hybridized carbons (Fsp3) is 0.667. The normalized spacial score (nSPS) is 44.3. The number of ether oxygens (including phenoxy) is 5. The van der Waals surface area contributed by atoms with Crippen LogP contribution in [0.3, 0.4) is 0 Å². The molecule has 7 atom stereocenters. The lowest BCUT2D eigenvalue weighted by molar-refractivity contribution is -0.467. The zero-order valence-electron chi connectivity index (χ0n) is 15.2. The Hall–Kier alpha value is -0.670. The molecule has 2 saturated heterocycles. The Morgan fingerprint density at radius 1 is 1.00 bits per heavy atom. The van der Waals surface area contributed by atoms with Crippen LogP contribution in [0.15, 0.2) is 35.2 Å². The molecule has 0 amide bonds. The molecule has 1 aromatic rings. The highest BCUT2D eigenvalue weighted by Gasteiger charge is 2.61. The second-order valence-electron chi connectivity index (χ2n) is 6.60. The van der Waals surface area contributed by atoms with Gasteiger partial charge in [0.1, 0.15) is 23.7 Å². The number of aliphatic hydroxyl groups is 1. The molecule has 7 heteroatoms. The van der Waals surface area contributed by atoms with E-state index in [2.05, 4.69) is 0 Å². The number of fused-ring (bicyclic) bond motifs is 1. The fourth-order valence-corrected chi connectivity index (χ4v) is 4.33. The van der Waals surface area contributed by atoms with Gasteiger partial charge in [-0.15, -0.1) is 0 Å². The summed E-state index contributed by atoms with van der Waals surface area (Å²) in [4.78, 5) is 1.05. The number of rotatable bonds is 4. The second kappa shape index (κ2) is 7.15. The van der Waals surface area contributed by atoms with E-state index < -0.39 is 29.9 Å². The third-order valence-corrected chi connectivity index (χ3v) is 6.24. The minimum atomic E-state index is -1.15. The van der Waals surface area contributed by atoms with Crippen LogP contribution in [0.1, 0.15) is 20.8 Å². The fourth-order valence-electron chi connectivity index (χ4n) is 3.17. The first-order valence-corrected chi connectivity index (χ1v) is 9.22. The topological polar surface area (TPSA) is 66.4 Å². The number of hydrogen-bond donors (Lipinski definition) is 1. The molecule has 2 aliphatic rings. The summed E-state index contributed by atoms with van der Waals surface area (Å²) in [5, 5.41) is 10.6. The van der Waals surface area contributed by atoms with Gasteiger partial charge in [0.2, 0.25) is 11.6 Å². The van der Waals surface area contributed by atoms with Gasteiger partial charge in [-0.2, -0.15) is 0 Å². The van der Waals surface area contributed by atoms with Crippen LogP contribution in [0, 0.1) is 0 Å². The predicted molar refractivity (Wildman–Crippen MR) is 93.2 cm³/mol. The summed E-state index contributed by atoms with van der Waals surface area (Å²) in [6.45, 7) is 5.34. The summed E-state index contributed by atoms with van der Waals surface area (Å²) < 4.78 is 29.6. The third-order valence-electron chi connectivity index (χ3n) is 5.08. The lowest BCUT2D eigenvalue weighted by atomic mass is 9.96. The second-order valence-corrected chi connectivity index (χ2v) is 7.77. The zero-order valence-corrected chi connectivity index (χ0v) is 16.0. The highest BCUT2D eigenvalue weighted by atomic mass is 32.2. The van der Waals surface area contributed by atoms with Gasteiger partial charge in [0, 0.05) is 19.1 Å². The van der Waals surface area contributed by atoms with Gasteiger partial charge in [0.05, 0.1) is 6.10 Å². The molecule has 0 spiro atoms. The Balaban J connectivity index is 1.90. The van der Waals surface area contributed by atoms with Gasteiger partial charge in [-0.1, -0.05) is 30.0 Å². The minimum absolute atomic E-state index is 0.346. The van der Waals surface area contributed by atoms with Crippen molar-refractivity contribution in [2.75, 3.05) is 14.2 Å². The van der Waals surface area contributed by atoms with Crippen molar-refractivity contribution in [1.29, 1.82) is 0 Å². The molecule has 2 heterocycles. The van der Waals surface area contributed by atoms with Crippen molar-refractivity contribution in [2.24, 2.45) is 0 Å². The Kier molecular flexibility index (Phi) is 5.46. The van der Waals surface area contributed by atoms with E-state index in [1.165, 1.54) is 7.11 Å². The molecule has 0 saturated carbocycles. The molecule has 0 radical (unpaired) electrons. The van der Waals surface area contributed by atoms with Crippen molar-refractivity contribution in [1.82, 2.24) is 0 Å². The number of thioether (sulfide) groups is 1. The molecule has 25 heavy (non-hydrogen) atoms. The van der Waals surface area contributed by atoms with Crippen LogP contribution >= 0.6 is 11.8 Å². The molecule has 0 bridgehead atoms. The van der Waals surface area contributed by atoms with Gasteiger partial charge in [-0.3, -0.25) is 0 Å². The largest absolute Gasteiger partial charge is 0.388 e. The number of benzene rings is 1. The highest BCUT2D eigenvalue weighted by Crippen LogP contribution is 2.46. The molecular formula is C18H26O6S. The smallest absolute Gasteiger partial charge is 0.220 e. The molecule has 0 aromatic heterocycles. The molecule has 2 fully saturated rings. The third kappa shape index (κ3) is 3.35. The van der Waals surface area contributed by atoms with E-state index in [-0.39, 0.29) is 11.5 Å². The van der Waals surface area contributed by atoms with Crippen molar-refractivity contribution in [2.45, 2.75) is 67.1 Å². The minimum Gasteiger partial charge on any atom is -0.388 e. The van der Waals surface area contributed by atoms with Crippen LogP contribution < -0.4 is 0 Å². The van der Waals surface area contributed by atoms with E-state index in [4.69, 9.17) is 23.7 Å². The average molecular weight is 370 g/mol. The van der Waals surface area contributed by atoms with Crippen molar-refractivity contribution >= 4 is 11.8 Å². The van der Waals surface area contributed by atoms with E-state index in [0.29, 0.717) is 0 Å². The summed E-state index contributed by atoms with van der Waals surface area (Å²) in [5.74, 6) is -2.29. The summed E-state index contributed by atoms with van der Waals surface area (Å²) in [6, 6.07) is 9.93. The maximum Gasteiger partial charge on any atom is 0.220 e. The lowest BCUT2D eigenvalue weighted by Crippen LogP contribution is -2.71. The van der Waals surface area contributed by atoms with Gasteiger partial charge in [-0.05, 0) is 32.9 Å². The van der Waals surface area contributed by atoms with Crippen molar-refractivity contribution in [3.05, 3.63) is 30.3 Å². The monoisotopic (exact) mass is 370 g/mol. The first-order chi connectivity index (χ1) is 11.8. The van der Waals surface area contributed by atoms with E-state index in [1.807, 2.05) is 37.3 Å². The van der Waals surface area contributed by atoms with Gasteiger partial charge in [-0.25, -0.2) is 0 Å². The van der Waals surface area contributed by atoms with Crippen LogP contribution in [0.2, 0.25) is 0 Å². The predicted octanol–water partition coefficient (Wildman–Crippen LogP) is 2.39. The molecule has 2 aliphatic heterocycles. The first-order valence-electron chi connectivity index (χ1n) is 8.35. The Morgan fingerprint density at radius 3 is 2.12 bits per heavy atom. The Morgan fingerprint density at radius 2 is 1.56 bits per heavy atom. The summed E-state index contributed by atoms with van der Waals surface area (Å²) in [6.07, 6.45) is -2.31. The standard InChI is InChI=1S/C18H26O6S/c1-11-13(19)14-15(16(22-11)25-12-9-7-6-8-10-12)24-18(3,21-5)17(2,20-4)23-14/h6-11,13-16,19H,1-5H3/t11?,13-,14?,15?,16+,17?,18?/m0/s1. The maximum atomic E-state index is 10.6. The Bertz CT molecular complexity index is 586. The van der Waals surface area contributed by atoms with Gasteiger partial charge >= 0.3 is 0 Å². The van der Waals surface area contributed by atoms with E-state index >= 15 is 0 Å². The van der Waals surface area contributed by atoms with Gasteiger partial charge < -0.3 is 28.8 Å². The van der Waals surface area contributed by atoms with Crippen LogP contribution in [-0.4, -0.2) is 60.8 Å². The summed E-state index contributed by atoms with van der Waals surface area (Å²) in [7, 11) is 3.08. The molecule has 1 N–H and O–H groups in total. The first kappa shape index (κ1) is 19.1. The SMILES string of the molecule is COC1(C)OC2C(OC1(C)OC)[C@@H](Sc1ccccc1)OC(C)[C@@H]2O. The molecule has 140 valence electrons. The lowest BCUT2D eigenvalue weighted by Gasteiger charge is -2.56. The zero-order chi connectivity index (χ0) is 18.2. The average Bonchev–Trinajstić information content (AvgIpc) is 2.62. The molecule has 3 rings (SSSR count). The van der Waals surface area contributed by atoms with Crippen LogP contribution in [-0.2, 0) is 23.7 Å². The number of hydrogen-bond acceptors (Lipinski definition) is 7. The van der Waals surface area contributed by atoms with Crippen molar-refractivity contribution in [3.8, 4) is 0 Å². The van der Waals surface area contributed by atoms with E-state index in [1.54, 1.807) is 32.7 Å². The van der Waals surface area contributed by atoms with Crippen LogP contribution in [0.5, 0.6) is 0 Å². The van der Waals surface area contributed by atoms with Crippen molar-refractivity contribution in [3.63, 3.8) is 0 Å².